The smallest absolute Gasteiger partial charge is 0.341 e. The van der Waals surface area contributed by atoms with E-state index in [4.69, 9.17) is 5.11 Å². The Morgan fingerprint density at radius 1 is 1.45 bits per heavy atom. The number of carbonyl (C=O) groups is 2. The lowest BCUT2D eigenvalue weighted by Gasteiger charge is -1.93. The molecule has 0 unspecified atom stereocenters. The lowest BCUT2D eigenvalue weighted by Crippen LogP contribution is -2.10. The molecule has 0 aromatic heterocycles. The van der Waals surface area contributed by atoms with Gasteiger partial charge in [-0.2, -0.15) is 0 Å². The van der Waals surface area contributed by atoms with Gasteiger partial charge in [-0.1, -0.05) is 21.4 Å². The molecule has 0 saturated carbocycles. The maximum atomic E-state index is 10.1. The van der Waals surface area contributed by atoms with Gasteiger partial charge in [-0.25, -0.2) is 9.59 Å². The second-order valence-corrected chi connectivity index (χ2v) is 1.21. The fourth-order valence-corrected chi connectivity index (χ4v) is 0.192. The van der Waals surface area contributed by atoms with Crippen molar-refractivity contribution in [3.8, 4) is 0 Å². The molecular weight excluding hydrogens is 148 g/mol. The summed E-state index contributed by atoms with van der Waals surface area (Å²) in [4.78, 5) is 19.8. The quantitative estimate of drug-likeness (QED) is 0.498. The number of hydrogen-bond acceptors (Lipinski definition) is 3. The zero-order chi connectivity index (χ0) is 7.28. The minimum Gasteiger partial charge on any atom is -0.479 e. The molecule has 4 heteroatoms. The highest BCUT2D eigenvalue weighted by atomic mass is 16.5. The van der Waals surface area contributed by atoms with Gasteiger partial charge < -0.3 is 9.84 Å². The van der Waals surface area contributed by atoms with Crippen molar-refractivity contribution in [2.75, 3.05) is 6.61 Å². The Morgan fingerprint density at radius 3 is 2.18 bits per heavy atom. The van der Waals surface area contributed by atoms with Crippen LogP contribution in [0.3, 0.4) is 0 Å². The highest BCUT2D eigenvalue weighted by Gasteiger charge is 1.98. The molecule has 1 N–H and O–H groups in total. The van der Waals surface area contributed by atoms with Gasteiger partial charge in [0, 0.05) is 6.08 Å². The first kappa shape index (κ1) is 16.3. The molecule has 0 aromatic rings. The van der Waals surface area contributed by atoms with Crippen LogP contribution in [0.1, 0.15) is 14.9 Å². The summed E-state index contributed by atoms with van der Waals surface area (Å²) in [5.41, 5.74) is 0. The highest BCUT2D eigenvalue weighted by Crippen LogP contribution is 1.77. The fourth-order valence-electron chi connectivity index (χ4n) is 0.192. The zero-order valence-corrected chi connectivity index (χ0v) is 4.66. The number of carboxylic acid groups (broad SMARTS) is 1. The summed E-state index contributed by atoms with van der Waals surface area (Å²) in [6.07, 6.45) is 0.906. The van der Waals surface area contributed by atoms with Gasteiger partial charge in [-0.05, 0) is 0 Å². The van der Waals surface area contributed by atoms with E-state index in [9.17, 15) is 9.59 Å². The molecule has 0 fully saturated rings. The zero-order valence-electron chi connectivity index (χ0n) is 4.66. The summed E-state index contributed by atoms with van der Waals surface area (Å²) in [7, 11) is 0. The third-order valence-electron chi connectivity index (χ3n) is 0.505. The fraction of sp³-hybridized carbons (Fsp3) is 0.429. The van der Waals surface area contributed by atoms with Gasteiger partial charge in [0.1, 0.15) is 0 Å². The standard InChI is InChI=1S/C5H6O4.2CH4/c1-2-5(8)9-3-4(6)7;;/h2H,1,3H2,(H,6,7);2*1H4. The SMILES string of the molecule is C.C.C=CC(=O)OCC(=O)O. The molecule has 0 atom stereocenters. The highest BCUT2D eigenvalue weighted by molar-refractivity contribution is 5.83. The molecule has 11 heavy (non-hydrogen) atoms. The molecule has 0 rings (SSSR count). The molecule has 0 bridgehead atoms. The molecule has 66 valence electrons. The van der Waals surface area contributed by atoms with Crippen molar-refractivity contribution in [1.82, 2.24) is 0 Å². The van der Waals surface area contributed by atoms with Crippen LogP contribution in [0, 0.1) is 0 Å². The Morgan fingerprint density at radius 2 is 1.91 bits per heavy atom. The van der Waals surface area contributed by atoms with Crippen molar-refractivity contribution in [1.29, 1.82) is 0 Å². The third-order valence-corrected chi connectivity index (χ3v) is 0.505. The first-order valence-electron chi connectivity index (χ1n) is 2.18. The Balaban J connectivity index is -0.000000320. The van der Waals surface area contributed by atoms with Gasteiger partial charge in [0.2, 0.25) is 0 Å². The Bertz CT molecular complexity index is 139. The topological polar surface area (TPSA) is 63.6 Å². The van der Waals surface area contributed by atoms with Gasteiger partial charge in [-0.3, -0.25) is 0 Å². The lowest BCUT2D eigenvalue weighted by atomic mass is 10.6. The van der Waals surface area contributed by atoms with E-state index in [0.717, 1.165) is 6.08 Å². The molecule has 0 saturated heterocycles. The van der Waals surface area contributed by atoms with Crippen molar-refractivity contribution in [3.05, 3.63) is 12.7 Å². The summed E-state index contributed by atoms with van der Waals surface area (Å²) in [5, 5.41) is 7.95. The predicted octanol–water partition coefficient (Wildman–Crippen LogP) is 1.07. The van der Waals surface area contributed by atoms with E-state index >= 15 is 0 Å². The first-order valence-corrected chi connectivity index (χ1v) is 2.18. The summed E-state index contributed by atoms with van der Waals surface area (Å²) in [5.74, 6) is -1.90. The van der Waals surface area contributed by atoms with Gasteiger partial charge in [-0.15, -0.1) is 0 Å². The summed E-state index contributed by atoms with van der Waals surface area (Å²) < 4.78 is 4.10. The molecule has 0 spiro atoms. The molecule has 0 aliphatic carbocycles. The molecule has 0 aromatic carbocycles. The normalized spacial score (nSPS) is 6.55. The molecule has 0 aliphatic rings. The number of hydrogen-bond donors (Lipinski definition) is 1. The van der Waals surface area contributed by atoms with Crippen LogP contribution < -0.4 is 0 Å². The number of aliphatic carboxylic acids is 1. The third kappa shape index (κ3) is 12.0. The number of esters is 1. The van der Waals surface area contributed by atoms with E-state index in [2.05, 4.69) is 11.3 Å². The first-order chi connectivity index (χ1) is 4.16. The average molecular weight is 162 g/mol. The van der Waals surface area contributed by atoms with E-state index in [0.29, 0.717) is 0 Å². The minimum atomic E-state index is -1.18. The van der Waals surface area contributed by atoms with Gasteiger partial charge in [0.25, 0.3) is 0 Å². The second kappa shape index (κ2) is 8.68. The molecule has 0 heterocycles. The maximum absolute atomic E-state index is 10.1. The number of rotatable bonds is 3. The maximum Gasteiger partial charge on any atom is 0.341 e. The van der Waals surface area contributed by atoms with Crippen LogP contribution in [0.2, 0.25) is 0 Å². The van der Waals surface area contributed by atoms with Crippen LogP contribution in [0.15, 0.2) is 12.7 Å². The van der Waals surface area contributed by atoms with Crippen LogP contribution in [0.4, 0.5) is 0 Å². The average Bonchev–Trinajstić information content (AvgIpc) is 1.83. The van der Waals surface area contributed by atoms with Crippen molar-refractivity contribution in [2.24, 2.45) is 0 Å². The van der Waals surface area contributed by atoms with Crippen molar-refractivity contribution in [2.45, 2.75) is 14.9 Å². The lowest BCUT2D eigenvalue weighted by molar-refractivity contribution is -0.151. The molecule has 4 nitrogen and oxygen atoms in total. The van der Waals surface area contributed by atoms with E-state index in [1.807, 2.05) is 0 Å². The van der Waals surface area contributed by atoms with Crippen LogP contribution >= 0.6 is 0 Å². The van der Waals surface area contributed by atoms with E-state index < -0.39 is 18.5 Å². The van der Waals surface area contributed by atoms with Crippen molar-refractivity contribution in [3.63, 3.8) is 0 Å². The van der Waals surface area contributed by atoms with Crippen molar-refractivity contribution >= 4 is 11.9 Å². The van der Waals surface area contributed by atoms with Crippen LogP contribution in [0.5, 0.6) is 0 Å². The van der Waals surface area contributed by atoms with Crippen LogP contribution in [0.25, 0.3) is 0 Å². The Kier molecular flexibility index (Phi) is 12.9. The number of carbonyl (C=O) groups excluding carboxylic acids is 1. The second-order valence-electron chi connectivity index (χ2n) is 1.21. The predicted molar refractivity (Wildman–Crippen MR) is 42.3 cm³/mol. The number of carboxylic acids is 1. The Labute approximate surface area is 66.5 Å². The number of ether oxygens (including phenoxy) is 1. The molecule has 0 aliphatic heterocycles. The summed E-state index contributed by atoms with van der Waals surface area (Å²) in [6.45, 7) is 2.46. The monoisotopic (exact) mass is 162 g/mol. The van der Waals surface area contributed by atoms with E-state index in [1.165, 1.54) is 0 Å². The van der Waals surface area contributed by atoms with Crippen LogP contribution in [-0.4, -0.2) is 23.7 Å². The summed E-state index contributed by atoms with van der Waals surface area (Å²) in [6, 6.07) is 0. The van der Waals surface area contributed by atoms with Gasteiger partial charge >= 0.3 is 11.9 Å². The van der Waals surface area contributed by atoms with E-state index in [-0.39, 0.29) is 14.9 Å². The molecular formula is C7H14O4. The van der Waals surface area contributed by atoms with Gasteiger partial charge in [0.05, 0.1) is 0 Å². The van der Waals surface area contributed by atoms with Crippen LogP contribution in [-0.2, 0) is 14.3 Å². The van der Waals surface area contributed by atoms with Gasteiger partial charge in [0.15, 0.2) is 6.61 Å². The van der Waals surface area contributed by atoms with Crippen molar-refractivity contribution < 1.29 is 19.4 Å². The molecule has 0 radical (unpaired) electrons. The Hall–Kier alpha value is -1.32. The van der Waals surface area contributed by atoms with E-state index in [1.54, 1.807) is 0 Å². The summed E-state index contributed by atoms with van der Waals surface area (Å²) >= 11 is 0. The minimum absolute atomic E-state index is 0. The molecule has 0 amide bonds. The largest absolute Gasteiger partial charge is 0.479 e.